The fraction of sp³-hybridized carbons (Fsp3) is 0.259. The molecule has 0 aliphatic rings. The maximum absolute atomic E-state index is 13.0. The Morgan fingerprint density at radius 3 is 2.37 bits per heavy atom. The Morgan fingerprint density at radius 2 is 1.71 bits per heavy atom. The predicted molar refractivity (Wildman–Crippen MR) is 139 cm³/mol. The smallest absolute Gasteiger partial charge is 0.230 e. The zero-order chi connectivity index (χ0) is 24.6. The van der Waals surface area contributed by atoms with E-state index in [1.807, 2.05) is 59.2 Å². The minimum absolute atomic E-state index is 0.0314. The molecule has 0 saturated carbocycles. The van der Waals surface area contributed by atoms with Crippen molar-refractivity contribution < 1.29 is 9.53 Å². The molecule has 4 rings (SSSR count). The number of amides is 1. The first-order valence-corrected chi connectivity index (χ1v) is 12.5. The quantitative estimate of drug-likeness (QED) is 0.304. The van der Waals surface area contributed by atoms with E-state index in [4.69, 9.17) is 4.74 Å². The van der Waals surface area contributed by atoms with Gasteiger partial charge in [0.1, 0.15) is 5.75 Å². The van der Waals surface area contributed by atoms with Crippen LogP contribution in [0, 0.1) is 5.92 Å². The molecule has 0 fully saturated rings. The average molecular weight is 488 g/mol. The van der Waals surface area contributed by atoms with Crippen molar-refractivity contribution in [1.82, 2.24) is 25.1 Å². The lowest BCUT2D eigenvalue weighted by Gasteiger charge is -2.21. The van der Waals surface area contributed by atoms with E-state index >= 15 is 0 Å². The van der Waals surface area contributed by atoms with Gasteiger partial charge in [0.15, 0.2) is 11.0 Å². The number of nitrogens with zero attached hydrogens (tertiary/aromatic N) is 4. The van der Waals surface area contributed by atoms with Gasteiger partial charge in [0, 0.05) is 23.6 Å². The Labute approximate surface area is 210 Å². The van der Waals surface area contributed by atoms with Crippen LogP contribution in [0.1, 0.15) is 31.9 Å². The molecule has 0 spiro atoms. The number of aromatic nitrogens is 4. The van der Waals surface area contributed by atoms with E-state index < -0.39 is 0 Å². The van der Waals surface area contributed by atoms with E-state index in [1.165, 1.54) is 11.8 Å². The molecule has 0 bridgehead atoms. The highest BCUT2D eigenvalue weighted by molar-refractivity contribution is 7.99. The molecule has 1 atom stereocenters. The van der Waals surface area contributed by atoms with Gasteiger partial charge in [-0.1, -0.05) is 55.9 Å². The number of hydrogen-bond donors (Lipinski definition) is 1. The third-order valence-corrected chi connectivity index (χ3v) is 6.41. The summed E-state index contributed by atoms with van der Waals surface area (Å²) in [6.45, 7) is 4.32. The number of hydrogen-bond acceptors (Lipinski definition) is 6. The van der Waals surface area contributed by atoms with Gasteiger partial charge in [-0.3, -0.25) is 14.3 Å². The van der Waals surface area contributed by atoms with Crippen LogP contribution >= 0.6 is 11.8 Å². The summed E-state index contributed by atoms with van der Waals surface area (Å²) >= 11 is 1.36. The molecule has 2 aromatic heterocycles. The van der Waals surface area contributed by atoms with Crippen molar-refractivity contribution in [3.05, 3.63) is 84.7 Å². The van der Waals surface area contributed by atoms with Crippen LogP contribution in [0.2, 0.25) is 0 Å². The zero-order valence-electron chi connectivity index (χ0n) is 20.1. The molecular weight excluding hydrogens is 458 g/mol. The van der Waals surface area contributed by atoms with Crippen LogP contribution in [0.3, 0.4) is 0 Å². The molecule has 0 radical (unpaired) electrons. The number of methoxy groups -OCH3 is 1. The molecule has 35 heavy (non-hydrogen) atoms. The van der Waals surface area contributed by atoms with Gasteiger partial charge in [-0.15, -0.1) is 10.2 Å². The Morgan fingerprint density at radius 1 is 1.00 bits per heavy atom. The summed E-state index contributed by atoms with van der Waals surface area (Å²) in [6, 6.07) is 21.5. The van der Waals surface area contributed by atoms with E-state index in [0.717, 1.165) is 29.0 Å². The van der Waals surface area contributed by atoms with Crippen molar-refractivity contribution in [3.8, 4) is 22.8 Å². The van der Waals surface area contributed by atoms with Crippen LogP contribution in [0.25, 0.3) is 17.1 Å². The molecule has 2 aromatic carbocycles. The Balaban J connectivity index is 1.55. The van der Waals surface area contributed by atoms with Gasteiger partial charge >= 0.3 is 0 Å². The Bertz CT molecular complexity index is 1230. The van der Waals surface area contributed by atoms with Crippen LogP contribution in [0.15, 0.2) is 84.3 Å². The molecular formula is C27H29N5O2S. The van der Waals surface area contributed by atoms with E-state index in [9.17, 15) is 4.79 Å². The van der Waals surface area contributed by atoms with Gasteiger partial charge in [-0.25, -0.2) is 0 Å². The van der Waals surface area contributed by atoms with Crippen molar-refractivity contribution in [2.24, 2.45) is 5.92 Å². The maximum atomic E-state index is 13.0. The lowest BCUT2D eigenvalue weighted by molar-refractivity contribution is -0.119. The van der Waals surface area contributed by atoms with Crippen molar-refractivity contribution in [1.29, 1.82) is 0 Å². The zero-order valence-corrected chi connectivity index (χ0v) is 20.9. The van der Waals surface area contributed by atoms with Gasteiger partial charge < -0.3 is 10.1 Å². The molecule has 2 heterocycles. The molecule has 1 unspecified atom stereocenters. The van der Waals surface area contributed by atoms with E-state index in [1.54, 1.807) is 19.5 Å². The highest BCUT2D eigenvalue weighted by atomic mass is 32.2. The lowest BCUT2D eigenvalue weighted by atomic mass is 9.97. The number of pyridine rings is 1. The minimum atomic E-state index is -0.0424. The third kappa shape index (κ3) is 6.27. The van der Waals surface area contributed by atoms with Gasteiger partial charge in [0.2, 0.25) is 5.91 Å². The van der Waals surface area contributed by atoms with Gasteiger partial charge in [0.05, 0.1) is 18.9 Å². The summed E-state index contributed by atoms with van der Waals surface area (Å²) in [4.78, 5) is 17.1. The van der Waals surface area contributed by atoms with Crippen molar-refractivity contribution >= 4 is 17.7 Å². The minimum Gasteiger partial charge on any atom is -0.497 e. The third-order valence-electron chi connectivity index (χ3n) is 5.48. The summed E-state index contributed by atoms with van der Waals surface area (Å²) in [5.74, 6) is 2.08. The number of rotatable bonds is 10. The molecule has 1 N–H and O–H groups in total. The number of benzene rings is 2. The van der Waals surface area contributed by atoms with E-state index in [-0.39, 0.29) is 17.7 Å². The summed E-state index contributed by atoms with van der Waals surface area (Å²) in [5, 5.41) is 12.7. The van der Waals surface area contributed by atoms with Crippen molar-refractivity contribution in [2.75, 3.05) is 12.9 Å². The second-order valence-electron chi connectivity index (χ2n) is 8.52. The van der Waals surface area contributed by atoms with Crippen LogP contribution < -0.4 is 10.1 Å². The summed E-state index contributed by atoms with van der Waals surface area (Å²) in [7, 11) is 1.64. The van der Waals surface area contributed by atoms with Crippen molar-refractivity contribution in [3.63, 3.8) is 0 Å². The molecule has 0 saturated heterocycles. The van der Waals surface area contributed by atoms with Crippen LogP contribution in [0.4, 0.5) is 0 Å². The highest BCUT2D eigenvalue weighted by Gasteiger charge is 2.20. The lowest BCUT2D eigenvalue weighted by Crippen LogP contribution is -2.31. The molecule has 7 nitrogen and oxygen atoms in total. The first kappa shape index (κ1) is 24.5. The average Bonchev–Trinajstić information content (AvgIpc) is 3.32. The molecule has 0 aliphatic heterocycles. The summed E-state index contributed by atoms with van der Waals surface area (Å²) in [6.07, 6.45) is 4.32. The molecule has 4 aromatic rings. The van der Waals surface area contributed by atoms with Gasteiger partial charge in [-0.2, -0.15) is 0 Å². The topological polar surface area (TPSA) is 81.9 Å². The Hall–Kier alpha value is -3.65. The molecule has 0 aliphatic carbocycles. The van der Waals surface area contributed by atoms with Crippen LogP contribution in [-0.4, -0.2) is 38.5 Å². The first-order valence-electron chi connectivity index (χ1n) is 11.5. The molecule has 1 amide bonds. The highest BCUT2D eigenvalue weighted by Crippen LogP contribution is 2.29. The number of carbonyl (C=O) groups is 1. The fourth-order valence-electron chi connectivity index (χ4n) is 3.82. The van der Waals surface area contributed by atoms with Gasteiger partial charge in [-0.05, 0) is 54.3 Å². The van der Waals surface area contributed by atoms with E-state index in [0.29, 0.717) is 16.9 Å². The largest absolute Gasteiger partial charge is 0.497 e. The second kappa shape index (κ2) is 11.7. The second-order valence-corrected chi connectivity index (χ2v) is 9.47. The standard InChI is InChI=1S/C27H29N5O2S/c1-19(2)17-24(20-7-5-4-6-8-20)29-25(33)18-35-27-31-30-26(21-13-15-28-16-14-21)32(27)22-9-11-23(34-3)12-10-22/h4-16,19,24H,17-18H2,1-3H3,(H,29,33). The summed E-state index contributed by atoms with van der Waals surface area (Å²) < 4.78 is 7.26. The monoisotopic (exact) mass is 487 g/mol. The number of nitrogens with one attached hydrogen (secondary N) is 1. The SMILES string of the molecule is COc1ccc(-n2c(SCC(=O)NC(CC(C)C)c3ccccc3)nnc2-c2ccncc2)cc1. The number of thioether (sulfide) groups is 1. The maximum Gasteiger partial charge on any atom is 0.230 e. The predicted octanol–water partition coefficient (Wildman–Crippen LogP) is 5.33. The first-order chi connectivity index (χ1) is 17.0. The van der Waals surface area contributed by atoms with Gasteiger partial charge in [0.25, 0.3) is 0 Å². The van der Waals surface area contributed by atoms with Crippen molar-refractivity contribution in [2.45, 2.75) is 31.5 Å². The van der Waals surface area contributed by atoms with E-state index in [2.05, 4.69) is 46.5 Å². The summed E-state index contributed by atoms with van der Waals surface area (Å²) in [5.41, 5.74) is 2.88. The van der Waals surface area contributed by atoms with Crippen LogP contribution in [0.5, 0.6) is 5.75 Å². The molecule has 180 valence electrons. The number of ether oxygens (including phenoxy) is 1. The van der Waals surface area contributed by atoms with Crippen LogP contribution in [-0.2, 0) is 4.79 Å². The Kier molecular flexibility index (Phi) is 8.15. The fourth-order valence-corrected chi connectivity index (χ4v) is 4.58. The number of carbonyl (C=O) groups excluding carboxylic acids is 1. The molecule has 8 heteroatoms. The normalized spacial score (nSPS) is 11.9.